The molecule has 6 nitrogen and oxygen atoms in total. The van der Waals surface area contributed by atoms with E-state index < -0.39 is 12.0 Å². The molecule has 1 aromatic carbocycles. The SMILES string of the molecule is CCOc1ccc2c(c1)c(C(=O)NC(C)/C=C/C(=O)O)c(C)n2C. The molecule has 1 atom stereocenters. The van der Waals surface area contributed by atoms with Gasteiger partial charge in [-0.3, -0.25) is 4.79 Å². The Morgan fingerprint density at radius 3 is 2.75 bits per heavy atom. The Morgan fingerprint density at radius 2 is 2.12 bits per heavy atom. The van der Waals surface area contributed by atoms with Gasteiger partial charge in [-0.2, -0.15) is 0 Å². The van der Waals surface area contributed by atoms with Gasteiger partial charge in [0.1, 0.15) is 5.75 Å². The summed E-state index contributed by atoms with van der Waals surface area (Å²) < 4.78 is 7.48. The van der Waals surface area contributed by atoms with E-state index >= 15 is 0 Å². The Bertz CT molecular complexity index is 805. The molecule has 24 heavy (non-hydrogen) atoms. The number of fused-ring (bicyclic) bond motifs is 1. The lowest BCUT2D eigenvalue weighted by molar-refractivity contribution is -0.131. The summed E-state index contributed by atoms with van der Waals surface area (Å²) in [6, 6.07) is 5.28. The van der Waals surface area contributed by atoms with Crippen LogP contribution in [0, 0.1) is 6.92 Å². The zero-order valence-electron chi connectivity index (χ0n) is 14.3. The van der Waals surface area contributed by atoms with Gasteiger partial charge in [0.25, 0.3) is 5.91 Å². The molecule has 6 heteroatoms. The summed E-state index contributed by atoms with van der Waals surface area (Å²) in [6.07, 6.45) is 2.46. The number of hydrogen-bond acceptors (Lipinski definition) is 3. The van der Waals surface area contributed by atoms with Crippen LogP contribution in [-0.4, -0.2) is 34.2 Å². The first-order chi connectivity index (χ1) is 11.3. The maximum absolute atomic E-state index is 12.7. The van der Waals surface area contributed by atoms with Crippen molar-refractivity contribution in [2.24, 2.45) is 7.05 Å². The largest absolute Gasteiger partial charge is 0.494 e. The summed E-state index contributed by atoms with van der Waals surface area (Å²) in [5.74, 6) is -0.573. The molecular weight excluding hydrogens is 308 g/mol. The van der Waals surface area contributed by atoms with Gasteiger partial charge in [0.05, 0.1) is 12.2 Å². The summed E-state index contributed by atoms with van der Waals surface area (Å²) in [5.41, 5.74) is 2.35. The fourth-order valence-corrected chi connectivity index (χ4v) is 2.65. The molecule has 2 rings (SSSR count). The number of hydrogen-bond donors (Lipinski definition) is 2. The number of nitrogens with zero attached hydrogens (tertiary/aromatic N) is 1. The van der Waals surface area contributed by atoms with Crippen LogP contribution in [0.2, 0.25) is 0 Å². The summed E-state index contributed by atoms with van der Waals surface area (Å²) in [6.45, 7) is 6.07. The van der Waals surface area contributed by atoms with Gasteiger partial charge in [-0.05, 0) is 39.0 Å². The number of nitrogens with one attached hydrogen (secondary N) is 1. The maximum atomic E-state index is 12.7. The van der Waals surface area contributed by atoms with Gasteiger partial charge < -0.3 is 19.7 Å². The van der Waals surface area contributed by atoms with E-state index in [1.54, 1.807) is 6.92 Å². The van der Waals surface area contributed by atoms with Gasteiger partial charge in [0.2, 0.25) is 0 Å². The zero-order valence-corrected chi connectivity index (χ0v) is 14.3. The fourth-order valence-electron chi connectivity index (χ4n) is 2.65. The summed E-state index contributed by atoms with van der Waals surface area (Å²) in [4.78, 5) is 23.2. The first-order valence-corrected chi connectivity index (χ1v) is 7.79. The number of aromatic nitrogens is 1. The highest BCUT2D eigenvalue weighted by atomic mass is 16.5. The lowest BCUT2D eigenvalue weighted by Gasteiger charge is -2.10. The molecule has 0 radical (unpaired) electrons. The molecule has 1 unspecified atom stereocenters. The van der Waals surface area contributed by atoms with Gasteiger partial charge in [-0.25, -0.2) is 4.79 Å². The van der Waals surface area contributed by atoms with E-state index in [0.717, 1.165) is 22.7 Å². The number of rotatable bonds is 6. The van der Waals surface area contributed by atoms with Crippen LogP contribution in [0.25, 0.3) is 10.9 Å². The van der Waals surface area contributed by atoms with Crippen molar-refractivity contribution in [1.29, 1.82) is 0 Å². The number of carboxylic acid groups (broad SMARTS) is 1. The van der Waals surface area contributed by atoms with Crippen LogP contribution in [0.4, 0.5) is 0 Å². The van der Waals surface area contributed by atoms with Gasteiger partial charge in [-0.15, -0.1) is 0 Å². The minimum Gasteiger partial charge on any atom is -0.494 e. The van der Waals surface area contributed by atoms with Gasteiger partial charge in [-0.1, -0.05) is 6.08 Å². The summed E-state index contributed by atoms with van der Waals surface area (Å²) >= 11 is 0. The van der Waals surface area contributed by atoms with E-state index in [-0.39, 0.29) is 5.91 Å². The van der Waals surface area contributed by atoms with Gasteiger partial charge >= 0.3 is 5.97 Å². The number of carbonyl (C=O) groups excluding carboxylic acids is 1. The minimum atomic E-state index is -1.04. The number of amides is 1. The summed E-state index contributed by atoms with van der Waals surface area (Å²) in [5, 5.41) is 12.3. The first-order valence-electron chi connectivity index (χ1n) is 7.79. The quantitative estimate of drug-likeness (QED) is 0.798. The Hall–Kier alpha value is -2.76. The molecule has 2 N–H and O–H groups in total. The van der Waals surface area contributed by atoms with Gasteiger partial charge in [0, 0.05) is 35.8 Å². The Balaban J connectivity index is 2.39. The third-order valence-corrected chi connectivity index (χ3v) is 3.89. The molecule has 0 spiro atoms. The normalized spacial score (nSPS) is 12.5. The zero-order chi connectivity index (χ0) is 17.9. The van der Waals surface area contributed by atoms with Crippen LogP contribution >= 0.6 is 0 Å². The van der Waals surface area contributed by atoms with Crippen molar-refractivity contribution in [3.05, 3.63) is 41.6 Å². The number of carboxylic acids is 1. The Kier molecular flexibility index (Phi) is 5.28. The number of aliphatic carboxylic acids is 1. The molecule has 0 aliphatic heterocycles. The van der Waals surface area contributed by atoms with Crippen molar-refractivity contribution >= 4 is 22.8 Å². The predicted octanol–water partition coefficient (Wildman–Crippen LogP) is 2.64. The average molecular weight is 330 g/mol. The third-order valence-electron chi connectivity index (χ3n) is 3.89. The van der Waals surface area contributed by atoms with E-state index in [0.29, 0.717) is 17.9 Å². The molecule has 0 saturated carbocycles. The van der Waals surface area contributed by atoms with Crippen LogP contribution in [0.5, 0.6) is 5.75 Å². The minimum absolute atomic E-state index is 0.241. The number of aryl methyl sites for hydroxylation is 1. The van der Waals surface area contributed by atoms with Crippen molar-refractivity contribution in [3.8, 4) is 5.75 Å². The van der Waals surface area contributed by atoms with Crippen LogP contribution in [0.15, 0.2) is 30.4 Å². The van der Waals surface area contributed by atoms with Crippen molar-refractivity contribution in [2.45, 2.75) is 26.8 Å². The van der Waals surface area contributed by atoms with Crippen molar-refractivity contribution < 1.29 is 19.4 Å². The van der Waals surface area contributed by atoms with Crippen LogP contribution in [0.3, 0.4) is 0 Å². The highest BCUT2D eigenvalue weighted by Crippen LogP contribution is 2.28. The van der Waals surface area contributed by atoms with E-state index in [1.165, 1.54) is 6.08 Å². The second-order valence-corrected chi connectivity index (χ2v) is 5.59. The third kappa shape index (κ3) is 3.59. The molecule has 1 heterocycles. The molecule has 0 aliphatic rings. The topological polar surface area (TPSA) is 80.6 Å². The van der Waals surface area contributed by atoms with E-state index in [2.05, 4.69) is 5.32 Å². The van der Waals surface area contributed by atoms with E-state index in [4.69, 9.17) is 9.84 Å². The second kappa shape index (κ2) is 7.21. The summed E-state index contributed by atoms with van der Waals surface area (Å²) in [7, 11) is 1.91. The molecule has 2 aromatic rings. The molecular formula is C18H22N2O4. The van der Waals surface area contributed by atoms with E-state index in [9.17, 15) is 9.59 Å². The number of carbonyl (C=O) groups is 2. The second-order valence-electron chi connectivity index (χ2n) is 5.59. The molecule has 0 aliphatic carbocycles. The van der Waals surface area contributed by atoms with Crippen LogP contribution < -0.4 is 10.1 Å². The molecule has 1 amide bonds. The van der Waals surface area contributed by atoms with Crippen molar-refractivity contribution in [1.82, 2.24) is 9.88 Å². The standard InChI is InChI=1S/C18H22N2O4/c1-5-24-13-7-8-15-14(10-13)17(12(3)20(15)4)18(23)19-11(2)6-9-16(21)22/h6-11H,5H2,1-4H3,(H,19,23)(H,21,22)/b9-6+. The maximum Gasteiger partial charge on any atom is 0.328 e. The number of benzene rings is 1. The van der Waals surface area contributed by atoms with Crippen LogP contribution in [0.1, 0.15) is 29.9 Å². The average Bonchev–Trinajstić information content (AvgIpc) is 2.77. The highest BCUT2D eigenvalue weighted by molar-refractivity contribution is 6.09. The molecule has 0 saturated heterocycles. The van der Waals surface area contributed by atoms with Gasteiger partial charge in [0.15, 0.2) is 0 Å². The van der Waals surface area contributed by atoms with E-state index in [1.807, 2.05) is 43.7 Å². The highest BCUT2D eigenvalue weighted by Gasteiger charge is 2.20. The molecule has 0 bridgehead atoms. The fraction of sp³-hybridized carbons (Fsp3) is 0.333. The van der Waals surface area contributed by atoms with Crippen LogP contribution in [-0.2, 0) is 11.8 Å². The number of ether oxygens (including phenoxy) is 1. The Labute approximate surface area is 140 Å². The smallest absolute Gasteiger partial charge is 0.328 e. The first kappa shape index (κ1) is 17.6. The van der Waals surface area contributed by atoms with Crippen molar-refractivity contribution in [3.63, 3.8) is 0 Å². The predicted molar refractivity (Wildman–Crippen MR) is 92.5 cm³/mol. The Morgan fingerprint density at radius 1 is 1.42 bits per heavy atom. The molecule has 0 fully saturated rings. The lowest BCUT2D eigenvalue weighted by atomic mass is 10.1. The van der Waals surface area contributed by atoms with Crippen molar-refractivity contribution in [2.75, 3.05) is 6.61 Å². The monoisotopic (exact) mass is 330 g/mol. The molecule has 1 aromatic heterocycles. The lowest BCUT2D eigenvalue weighted by Crippen LogP contribution is -2.31. The molecule has 128 valence electrons.